The number of aromatic hydroxyl groups is 1. The molecular weight excluding hydrogens is 246 g/mol. The standard InChI is InChI=1S/C14H15NO4/c1-3-19-12(16)7-10-13(17)9-5-4-8(2)6-11(9)15-14(10)18/h4-6H,3,7H2,1-2H3,(H2,15,17,18). The molecule has 2 N–H and O–H groups in total. The van der Waals surface area contributed by atoms with Gasteiger partial charge in [-0.2, -0.15) is 0 Å². The number of nitrogens with one attached hydrogen (secondary N) is 1. The number of hydrogen-bond donors (Lipinski definition) is 2. The molecule has 1 aromatic carbocycles. The van der Waals surface area contributed by atoms with Gasteiger partial charge in [-0.3, -0.25) is 9.59 Å². The van der Waals surface area contributed by atoms with E-state index in [0.29, 0.717) is 10.9 Å². The van der Waals surface area contributed by atoms with Gasteiger partial charge in [-0.05, 0) is 31.5 Å². The summed E-state index contributed by atoms with van der Waals surface area (Å²) in [5, 5.41) is 10.6. The van der Waals surface area contributed by atoms with Gasteiger partial charge in [-0.1, -0.05) is 6.07 Å². The van der Waals surface area contributed by atoms with Gasteiger partial charge in [0.05, 0.1) is 24.1 Å². The van der Waals surface area contributed by atoms with Crippen LogP contribution in [0.2, 0.25) is 0 Å². The van der Waals surface area contributed by atoms with E-state index in [4.69, 9.17) is 4.74 Å². The number of fused-ring (bicyclic) bond motifs is 1. The fourth-order valence-corrected chi connectivity index (χ4v) is 1.96. The third-order valence-electron chi connectivity index (χ3n) is 2.86. The van der Waals surface area contributed by atoms with E-state index in [2.05, 4.69) is 4.98 Å². The van der Waals surface area contributed by atoms with Crippen LogP contribution >= 0.6 is 0 Å². The molecule has 0 aliphatic rings. The Morgan fingerprint density at radius 2 is 2.16 bits per heavy atom. The van der Waals surface area contributed by atoms with Crippen molar-refractivity contribution in [2.75, 3.05) is 6.61 Å². The maximum atomic E-state index is 11.9. The lowest BCUT2D eigenvalue weighted by molar-refractivity contribution is -0.142. The van der Waals surface area contributed by atoms with Gasteiger partial charge in [0.1, 0.15) is 5.75 Å². The summed E-state index contributed by atoms with van der Waals surface area (Å²) < 4.78 is 4.78. The molecule has 0 amide bonds. The maximum absolute atomic E-state index is 11.9. The van der Waals surface area contributed by atoms with Crippen molar-refractivity contribution >= 4 is 16.9 Å². The van der Waals surface area contributed by atoms with Crippen molar-refractivity contribution in [2.45, 2.75) is 20.3 Å². The Balaban J connectivity index is 2.53. The molecule has 2 aromatic rings. The zero-order chi connectivity index (χ0) is 14.0. The molecule has 0 aliphatic carbocycles. The van der Waals surface area contributed by atoms with Crippen LogP contribution in [0.15, 0.2) is 23.0 Å². The van der Waals surface area contributed by atoms with E-state index in [-0.39, 0.29) is 24.3 Å². The average molecular weight is 261 g/mol. The van der Waals surface area contributed by atoms with Gasteiger partial charge in [0.25, 0.3) is 5.56 Å². The van der Waals surface area contributed by atoms with Gasteiger partial charge in [-0.15, -0.1) is 0 Å². The molecule has 0 aliphatic heterocycles. The highest BCUT2D eigenvalue weighted by Gasteiger charge is 2.15. The highest BCUT2D eigenvalue weighted by molar-refractivity contribution is 5.87. The molecule has 2 rings (SSSR count). The number of rotatable bonds is 3. The van der Waals surface area contributed by atoms with E-state index in [1.807, 2.05) is 13.0 Å². The Kier molecular flexibility index (Phi) is 3.55. The average Bonchev–Trinajstić information content (AvgIpc) is 2.34. The first-order valence-electron chi connectivity index (χ1n) is 6.03. The van der Waals surface area contributed by atoms with Crippen molar-refractivity contribution in [3.05, 3.63) is 39.7 Å². The Morgan fingerprint density at radius 1 is 1.42 bits per heavy atom. The van der Waals surface area contributed by atoms with E-state index >= 15 is 0 Å². The summed E-state index contributed by atoms with van der Waals surface area (Å²) in [6.45, 7) is 3.82. The summed E-state index contributed by atoms with van der Waals surface area (Å²) in [5.74, 6) is -0.693. The summed E-state index contributed by atoms with van der Waals surface area (Å²) >= 11 is 0. The molecule has 0 saturated heterocycles. The number of benzene rings is 1. The molecule has 0 radical (unpaired) electrons. The second-order valence-corrected chi connectivity index (χ2v) is 4.31. The molecule has 1 heterocycles. The molecule has 5 nitrogen and oxygen atoms in total. The molecule has 1 aromatic heterocycles. The van der Waals surface area contributed by atoms with Crippen molar-refractivity contribution in [2.24, 2.45) is 0 Å². The number of carbonyl (C=O) groups is 1. The van der Waals surface area contributed by atoms with Crippen molar-refractivity contribution in [1.82, 2.24) is 4.98 Å². The number of carbonyl (C=O) groups excluding carboxylic acids is 1. The number of pyridine rings is 1. The molecule has 100 valence electrons. The van der Waals surface area contributed by atoms with Crippen LogP contribution in [0.25, 0.3) is 10.9 Å². The second-order valence-electron chi connectivity index (χ2n) is 4.31. The van der Waals surface area contributed by atoms with Gasteiger partial charge >= 0.3 is 5.97 Å². The monoisotopic (exact) mass is 261 g/mol. The van der Waals surface area contributed by atoms with Crippen molar-refractivity contribution in [3.63, 3.8) is 0 Å². The zero-order valence-electron chi connectivity index (χ0n) is 10.8. The van der Waals surface area contributed by atoms with Gasteiger partial charge in [0, 0.05) is 5.39 Å². The molecule has 0 saturated carbocycles. The lowest BCUT2D eigenvalue weighted by Crippen LogP contribution is -2.18. The van der Waals surface area contributed by atoms with Gasteiger partial charge in [-0.25, -0.2) is 0 Å². The summed E-state index contributed by atoms with van der Waals surface area (Å²) in [5.41, 5.74) is 1.09. The molecule has 0 bridgehead atoms. The van der Waals surface area contributed by atoms with Crippen molar-refractivity contribution in [3.8, 4) is 5.75 Å². The molecule has 0 unspecified atom stereocenters. The first-order valence-corrected chi connectivity index (χ1v) is 6.03. The highest BCUT2D eigenvalue weighted by Crippen LogP contribution is 2.25. The summed E-state index contributed by atoms with van der Waals surface area (Å²) in [6, 6.07) is 5.31. The van der Waals surface area contributed by atoms with Crippen LogP contribution in [0.1, 0.15) is 18.1 Å². The number of H-pyrrole nitrogens is 1. The van der Waals surface area contributed by atoms with Crippen LogP contribution in [0.4, 0.5) is 0 Å². The second kappa shape index (κ2) is 5.14. The first-order chi connectivity index (χ1) is 9.02. The zero-order valence-corrected chi connectivity index (χ0v) is 10.8. The van der Waals surface area contributed by atoms with Crippen LogP contribution in [-0.2, 0) is 16.0 Å². The molecule has 5 heteroatoms. The number of aromatic amines is 1. The largest absolute Gasteiger partial charge is 0.507 e. The van der Waals surface area contributed by atoms with E-state index in [9.17, 15) is 14.7 Å². The van der Waals surface area contributed by atoms with E-state index in [0.717, 1.165) is 5.56 Å². The highest BCUT2D eigenvalue weighted by atomic mass is 16.5. The van der Waals surface area contributed by atoms with Gasteiger partial charge < -0.3 is 14.8 Å². The van der Waals surface area contributed by atoms with Gasteiger partial charge in [0.2, 0.25) is 0 Å². The fourth-order valence-electron chi connectivity index (χ4n) is 1.96. The van der Waals surface area contributed by atoms with Crippen LogP contribution in [0, 0.1) is 6.92 Å². The Hall–Kier alpha value is -2.30. The van der Waals surface area contributed by atoms with Crippen molar-refractivity contribution < 1.29 is 14.6 Å². The summed E-state index contributed by atoms with van der Waals surface area (Å²) in [6.07, 6.45) is -0.237. The predicted molar refractivity (Wildman–Crippen MR) is 71.3 cm³/mol. The molecular formula is C14H15NO4. The summed E-state index contributed by atoms with van der Waals surface area (Å²) in [7, 11) is 0. The van der Waals surface area contributed by atoms with E-state index in [1.165, 1.54) is 0 Å². The normalized spacial score (nSPS) is 10.6. The lowest BCUT2D eigenvalue weighted by atomic mass is 10.1. The number of ether oxygens (including phenoxy) is 1. The van der Waals surface area contributed by atoms with E-state index < -0.39 is 11.5 Å². The van der Waals surface area contributed by atoms with Crippen LogP contribution in [0.3, 0.4) is 0 Å². The van der Waals surface area contributed by atoms with Crippen LogP contribution in [-0.4, -0.2) is 22.7 Å². The minimum atomic E-state index is -0.533. The smallest absolute Gasteiger partial charge is 0.310 e. The molecule has 0 fully saturated rings. The lowest BCUT2D eigenvalue weighted by Gasteiger charge is -2.07. The SMILES string of the molecule is CCOC(=O)Cc1c(O)c2ccc(C)cc2[nH]c1=O. The number of hydrogen-bond acceptors (Lipinski definition) is 4. The third-order valence-corrected chi connectivity index (χ3v) is 2.86. The Morgan fingerprint density at radius 3 is 2.84 bits per heavy atom. The molecule has 0 atom stereocenters. The quantitative estimate of drug-likeness (QED) is 0.823. The predicted octanol–water partition coefficient (Wildman–Crippen LogP) is 1.65. The van der Waals surface area contributed by atoms with Crippen LogP contribution in [0.5, 0.6) is 5.75 Å². The molecule has 0 spiro atoms. The fraction of sp³-hybridized carbons (Fsp3) is 0.286. The number of aromatic nitrogens is 1. The number of esters is 1. The maximum Gasteiger partial charge on any atom is 0.310 e. The van der Waals surface area contributed by atoms with Crippen molar-refractivity contribution in [1.29, 1.82) is 0 Å². The minimum Gasteiger partial charge on any atom is -0.507 e. The minimum absolute atomic E-state index is 0.0369. The Labute approximate surface area is 109 Å². The summed E-state index contributed by atoms with van der Waals surface area (Å²) in [4.78, 5) is 26.0. The van der Waals surface area contributed by atoms with E-state index in [1.54, 1.807) is 19.1 Å². The third kappa shape index (κ3) is 2.59. The molecule has 19 heavy (non-hydrogen) atoms. The van der Waals surface area contributed by atoms with Crippen LogP contribution < -0.4 is 5.56 Å². The number of aryl methyl sites for hydroxylation is 1. The van der Waals surface area contributed by atoms with Gasteiger partial charge in [0.15, 0.2) is 0 Å². The first kappa shape index (κ1) is 13.1. The topological polar surface area (TPSA) is 79.4 Å². The Bertz CT molecular complexity index is 688.